The number of benzene rings is 1. The summed E-state index contributed by atoms with van der Waals surface area (Å²) in [5.74, 6) is -1.31. The molecule has 0 radical (unpaired) electrons. The number of ketones is 1. The molecular weight excluding hydrogens is 458 g/mol. The van der Waals surface area contributed by atoms with Crippen LogP contribution in [0, 0.1) is 5.41 Å². The Morgan fingerprint density at radius 3 is 1.81 bits per heavy atom. The lowest BCUT2D eigenvalue weighted by Crippen LogP contribution is -2.41. The zero-order valence-electron chi connectivity index (χ0n) is 19.2. The van der Waals surface area contributed by atoms with Crippen molar-refractivity contribution in [3.05, 3.63) is 35.4 Å². The molecule has 1 aromatic carbocycles. The molecule has 1 atom stereocenters. The van der Waals surface area contributed by atoms with Crippen LogP contribution in [0.1, 0.15) is 50.0 Å². The first-order valence-corrected chi connectivity index (χ1v) is 13.9. The first-order valence-electron chi connectivity index (χ1n) is 10.7. The number of carbonyl (C=O) groups excluding carboxylic acids is 2. The van der Waals surface area contributed by atoms with E-state index in [-0.39, 0.29) is 32.8 Å². The van der Waals surface area contributed by atoms with Crippen molar-refractivity contribution in [2.75, 3.05) is 33.5 Å². The topological polar surface area (TPSA) is 114 Å². The van der Waals surface area contributed by atoms with E-state index in [0.29, 0.717) is 11.1 Å². The molecule has 0 aromatic heterocycles. The second-order valence-corrected chi connectivity index (χ2v) is 12.0. The van der Waals surface area contributed by atoms with Crippen LogP contribution in [0.2, 0.25) is 0 Å². The van der Waals surface area contributed by atoms with E-state index in [1.54, 1.807) is 52.0 Å². The number of hydrogen-bond acceptors (Lipinski definition) is 9. The van der Waals surface area contributed by atoms with E-state index < -0.39 is 44.2 Å². The number of rotatable bonds is 13. The van der Waals surface area contributed by atoms with Crippen LogP contribution in [-0.2, 0) is 43.2 Å². The Bertz CT molecular complexity index is 866. The number of Topliss-reactive ketones (excluding diaryl/α,β-unsaturated/α-hetero) is 1. The number of fused-ring (bicyclic) bond motifs is 1. The van der Waals surface area contributed by atoms with E-state index in [0.717, 1.165) is 0 Å². The maximum Gasteiger partial charge on any atom is 0.345 e. The van der Waals surface area contributed by atoms with Gasteiger partial charge in [-0.1, -0.05) is 24.3 Å². The van der Waals surface area contributed by atoms with Gasteiger partial charge in [-0.15, -0.1) is 0 Å². The lowest BCUT2D eigenvalue weighted by atomic mass is 9.81. The predicted molar refractivity (Wildman–Crippen MR) is 119 cm³/mol. The normalized spacial score (nSPS) is 18.8. The highest BCUT2D eigenvalue weighted by molar-refractivity contribution is 7.72. The molecule has 2 rings (SSSR count). The molecule has 1 aromatic rings. The zero-order valence-corrected chi connectivity index (χ0v) is 21.0. The molecule has 11 heteroatoms. The second-order valence-electron chi connectivity index (χ2n) is 7.17. The number of ether oxygens (including phenoxy) is 1. The lowest BCUT2D eigenvalue weighted by molar-refractivity contribution is -0.149. The summed E-state index contributed by atoms with van der Waals surface area (Å²) in [5.41, 5.74) is -0.759. The fourth-order valence-electron chi connectivity index (χ4n) is 4.01. The minimum Gasteiger partial charge on any atom is -0.468 e. The van der Waals surface area contributed by atoms with Crippen LogP contribution >= 0.6 is 15.2 Å². The highest BCUT2D eigenvalue weighted by Crippen LogP contribution is 2.73. The first-order chi connectivity index (χ1) is 15.2. The van der Waals surface area contributed by atoms with Crippen LogP contribution in [0.15, 0.2) is 24.3 Å². The van der Waals surface area contributed by atoms with Gasteiger partial charge in [0.25, 0.3) is 0 Å². The summed E-state index contributed by atoms with van der Waals surface area (Å²) in [5, 5.41) is -1.51. The van der Waals surface area contributed by atoms with Crippen molar-refractivity contribution in [3.63, 3.8) is 0 Å². The van der Waals surface area contributed by atoms with Crippen LogP contribution in [0.3, 0.4) is 0 Å². The average Bonchev–Trinajstić information content (AvgIpc) is 3.05. The van der Waals surface area contributed by atoms with Gasteiger partial charge in [-0.05, 0) is 46.1 Å². The molecule has 0 N–H and O–H groups in total. The van der Waals surface area contributed by atoms with Gasteiger partial charge in [0.1, 0.15) is 5.41 Å². The molecule has 1 aliphatic carbocycles. The van der Waals surface area contributed by atoms with Crippen LogP contribution in [0.25, 0.3) is 0 Å². The van der Waals surface area contributed by atoms with E-state index in [4.69, 9.17) is 22.8 Å². The predicted octanol–water partition coefficient (Wildman–Crippen LogP) is 4.83. The lowest BCUT2D eigenvalue weighted by Gasteiger charge is -2.35. The van der Waals surface area contributed by atoms with E-state index in [1.165, 1.54) is 7.11 Å². The number of methoxy groups -OCH3 is 1. The van der Waals surface area contributed by atoms with E-state index >= 15 is 0 Å². The highest BCUT2D eigenvalue weighted by atomic mass is 31.2. The molecule has 0 heterocycles. The summed E-state index contributed by atoms with van der Waals surface area (Å²) >= 11 is 0. The number of hydrogen-bond donors (Lipinski definition) is 0. The zero-order chi connectivity index (χ0) is 24.0. The van der Waals surface area contributed by atoms with E-state index in [2.05, 4.69) is 0 Å². The van der Waals surface area contributed by atoms with Crippen LogP contribution in [0.4, 0.5) is 0 Å². The summed E-state index contributed by atoms with van der Waals surface area (Å²) in [6.07, 6.45) is -0.441. The quantitative estimate of drug-likeness (QED) is 0.218. The van der Waals surface area contributed by atoms with Crippen LogP contribution in [0.5, 0.6) is 0 Å². The molecule has 0 bridgehead atoms. The van der Waals surface area contributed by atoms with Gasteiger partial charge in [0.05, 0.1) is 33.5 Å². The summed E-state index contributed by atoms with van der Waals surface area (Å²) in [7, 11) is -7.13. The van der Waals surface area contributed by atoms with E-state index in [9.17, 15) is 18.7 Å². The van der Waals surface area contributed by atoms with Gasteiger partial charge >= 0.3 is 21.2 Å². The Morgan fingerprint density at radius 2 is 1.41 bits per heavy atom. The third kappa shape index (κ3) is 5.09. The van der Waals surface area contributed by atoms with Gasteiger partial charge < -0.3 is 22.8 Å². The Labute approximate surface area is 189 Å². The molecule has 0 spiro atoms. The Balaban J connectivity index is 2.69. The smallest absolute Gasteiger partial charge is 0.345 e. The third-order valence-corrected chi connectivity index (χ3v) is 11.3. The van der Waals surface area contributed by atoms with Gasteiger partial charge in [-0.2, -0.15) is 0 Å². The first kappa shape index (κ1) is 26.9. The van der Waals surface area contributed by atoms with Crippen molar-refractivity contribution in [3.8, 4) is 0 Å². The van der Waals surface area contributed by atoms with Crippen molar-refractivity contribution < 1.29 is 41.6 Å². The monoisotopic (exact) mass is 490 g/mol. The van der Waals surface area contributed by atoms with Crippen molar-refractivity contribution >= 4 is 26.9 Å². The van der Waals surface area contributed by atoms with Crippen LogP contribution < -0.4 is 0 Å². The van der Waals surface area contributed by atoms with Gasteiger partial charge in [-0.25, -0.2) is 0 Å². The van der Waals surface area contributed by atoms with Crippen molar-refractivity contribution in [2.45, 2.75) is 45.9 Å². The minimum atomic E-state index is -4.15. The summed E-state index contributed by atoms with van der Waals surface area (Å²) < 4.78 is 54.7. The molecule has 0 saturated carbocycles. The van der Waals surface area contributed by atoms with Gasteiger partial charge in [0.15, 0.2) is 11.2 Å². The molecule has 0 saturated heterocycles. The van der Waals surface area contributed by atoms with Gasteiger partial charge in [0, 0.05) is 5.56 Å². The fourth-order valence-corrected chi connectivity index (χ4v) is 9.55. The summed E-state index contributed by atoms with van der Waals surface area (Å²) in [6, 6.07) is 6.81. The molecule has 0 amide bonds. The summed E-state index contributed by atoms with van der Waals surface area (Å²) in [6.45, 7) is 6.42. The third-order valence-electron chi connectivity index (χ3n) is 5.26. The number of carbonyl (C=O) groups is 2. The molecule has 1 aliphatic rings. The Hall–Kier alpha value is -1.34. The standard InChI is InChI=1S/C21H32O9P2/c1-6-27-31(24,28-7-2)18(32(25,29-8-3)30-9-4)15-21(20(23)26-5)14-16-12-10-11-13-17(16)19(21)22/h10-13,18H,6-9,14-15H2,1-5H3/t21-/m1/s1. The SMILES string of the molecule is CCOP(=O)(OCC)C(C[C@]1(C(=O)OC)Cc2ccccc2C1=O)P(=O)(OCC)OCC. The highest BCUT2D eigenvalue weighted by Gasteiger charge is 2.61. The molecule has 9 nitrogen and oxygen atoms in total. The Kier molecular flexibility index (Phi) is 9.41. The van der Waals surface area contributed by atoms with Gasteiger partial charge in [-0.3, -0.25) is 18.7 Å². The number of esters is 1. The fraction of sp³-hybridized carbons (Fsp3) is 0.619. The molecule has 0 aliphatic heterocycles. The summed E-state index contributed by atoms with van der Waals surface area (Å²) in [4.78, 5) is 26.5. The molecule has 0 fully saturated rings. The van der Waals surface area contributed by atoms with Crippen LogP contribution in [-0.4, -0.2) is 50.7 Å². The molecular formula is C21H32O9P2. The average molecular weight is 490 g/mol. The maximum absolute atomic E-state index is 13.9. The maximum atomic E-state index is 13.9. The minimum absolute atomic E-state index is 0.00167. The Morgan fingerprint density at radius 1 is 0.938 bits per heavy atom. The van der Waals surface area contributed by atoms with E-state index in [1.807, 2.05) is 0 Å². The molecule has 0 unspecified atom stereocenters. The molecule has 180 valence electrons. The second kappa shape index (κ2) is 11.2. The van der Waals surface area contributed by atoms with Crippen molar-refractivity contribution in [2.24, 2.45) is 5.41 Å². The van der Waals surface area contributed by atoms with Gasteiger partial charge in [0.2, 0.25) is 0 Å². The largest absolute Gasteiger partial charge is 0.468 e. The van der Waals surface area contributed by atoms with Crippen molar-refractivity contribution in [1.29, 1.82) is 0 Å². The molecule has 32 heavy (non-hydrogen) atoms. The van der Waals surface area contributed by atoms with Crippen molar-refractivity contribution in [1.82, 2.24) is 0 Å².